The number of halogens is 1. The van der Waals surface area contributed by atoms with Gasteiger partial charge in [-0.3, -0.25) is 10.1 Å². The maximum absolute atomic E-state index is 11.0. The van der Waals surface area contributed by atoms with Gasteiger partial charge in [0.05, 0.1) is 4.92 Å². The third-order valence-corrected chi connectivity index (χ3v) is 4.42. The lowest BCUT2D eigenvalue weighted by Gasteiger charge is -2.28. The first-order valence-electron chi connectivity index (χ1n) is 6.87. The highest BCUT2D eigenvalue weighted by Crippen LogP contribution is 2.26. The van der Waals surface area contributed by atoms with Crippen molar-refractivity contribution in [2.75, 3.05) is 6.61 Å². The zero-order chi connectivity index (χ0) is 14.5. The Hall–Kier alpha value is -0.980. The number of aliphatic hydroxyl groups is 1. The van der Waals surface area contributed by atoms with Gasteiger partial charge in [0, 0.05) is 35.3 Å². The molecule has 6 heteroatoms. The number of hydrogen-bond acceptors (Lipinski definition) is 4. The predicted molar refractivity (Wildman–Crippen MR) is 80.5 cm³/mol. The summed E-state index contributed by atoms with van der Waals surface area (Å²) in [5, 5.41) is 23.5. The first-order valence-corrected chi connectivity index (χ1v) is 7.66. The van der Waals surface area contributed by atoms with Crippen LogP contribution >= 0.6 is 15.9 Å². The quantitative estimate of drug-likeness (QED) is 0.637. The van der Waals surface area contributed by atoms with E-state index >= 15 is 0 Å². The number of nitrogens with one attached hydrogen (secondary N) is 1. The van der Waals surface area contributed by atoms with E-state index in [1.165, 1.54) is 6.07 Å². The lowest BCUT2D eigenvalue weighted by atomic mass is 9.86. The van der Waals surface area contributed by atoms with Crippen molar-refractivity contribution >= 4 is 21.6 Å². The fourth-order valence-electron chi connectivity index (χ4n) is 2.68. The summed E-state index contributed by atoms with van der Waals surface area (Å²) in [4.78, 5) is 10.7. The highest BCUT2D eigenvalue weighted by atomic mass is 79.9. The van der Waals surface area contributed by atoms with Crippen LogP contribution in [0.4, 0.5) is 5.69 Å². The number of hydrogen-bond donors (Lipinski definition) is 2. The first kappa shape index (κ1) is 15.4. The minimum Gasteiger partial charge on any atom is -0.396 e. The molecule has 5 nitrogen and oxygen atoms in total. The summed E-state index contributed by atoms with van der Waals surface area (Å²) in [6.07, 6.45) is 4.09. The van der Waals surface area contributed by atoms with Crippen molar-refractivity contribution < 1.29 is 10.0 Å². The van der Waals surface area contributed by atoms with Crippen LogP contribution in [0.15, 0.2) is 22.7 Å². The molecule has 1 aromatic carbocycles. The van der Waals surface area contributed by atoms with Crippen LogP contribution in [0.25, 0.3) is 0 Å². The van der Waals surface area contributed by atoms with E-state index in [9.17, 15) is 10.1 Å². The maximum Gasteiger partial charge on any atom is 0.273 e. The molecule has 0 unspecified atom stereocenters. The molecule has 0 amide bonds. The monoisotopic (exact) mass is 342 g/mol. The Bertz CT molecular complexity index is 473. The lowest BCUT2D eigenvalue weighted by molar-refractivity contribution is -0.385. The van der Waals surface area contributed by atoms with E-state index < -0.39 is 0 Å². The van der Waals surface area contributed by atoms with Crippen LogP contribution in [0, 0.1) is 16.0 Å². The zero-order valence-electron chi connectivity index (χ0n) is 11.2. The van der Waals surface area contributed by atoms with Gasteiger partial charge in [-0.2, -0.15) is 0 Å². The fourth-order valence-corrected chi connectivity index (χ4v) is 3.09. The van der Waals surface area contributed by atoms with Crippen molar-refractivity contribution in [1.29, 1.82) is 0 Å². The van der Waals surface area contributed by atoms with Crippen molar-refractivity contribution in [1.82, 2.24) is 5.32 Å². The van der Waals surface area contributed by atoms with Gasteiger partial charge in [-0.15, -0.1) is 0 Å². The summed E-state index contributed by atoms with van der Waals surface area (Å²) in [6, 6.07) is 5.40. The van der Waals surface area contributed by atoms with Crippen molar-refractivity contribution in [2.45, 2.75) is 38.3 Å². The van der Waals surface area contributed by atoms with Gasteiger partial charge in [0.1, 0.15) is 0 Å². The van der Waals surface area contributed by atoms with E-state index in [4.69, 9.17) is 5.11 Å². The van der Waals surface area contributed by atoms with Crippen LogP contribution in [-0.4, -0.2) is 22.7 Å². The van der Waals surface area contributed by atoms with E-state index in [0.29, 0.717) is 24.1 Å². The zero-order valence-corrected chi connectivity index (χ0v) is 12.8. The third kappa shape index (κ3) is 4.01. The van der Waals surface area contributed by atoms with Gasteiger partial charge in [0.25, 0.3) is 5.69 Å². The predicted octanol–water partition coefficient (Wildman–Crippen LogP) is 3.00. The van der Waals surface area contributed by atoms with Crippen molar-refractivity contribution in [3.63, 3.8) is 0 Å². The number of rotatable bonds is 5. The van der Waals surface area contributed by atoms with E-state index in [1.54, 1.807) is 12.1 Å². The normalized spacial score (nSPS) is 22.7. The molecule has 1 aliphatic carbocycles. The molecule has 1 fully saturated rings. The van der Waals surface area contributed by atoms with E-state index in [0.717, 1.165) is 30.2 Å². The van der Waals surface area contributed by atoms with Crippen molar-refractivity contribution in [3.8, 4) is 0 Å². The van der Waals surface area contributed by atoms with Crippen molar-refractivity contribution in [2.24, 2.45) is 5.92 Å². The van der Waals surface area contributed by atoms with Crippen molar-refractivity contribution in [3.05, 3.63) is 38.3 Å². The Labute approximate surface area is 126 Å². The second kappa shape index (κ2) is 7.15. The Kier molecular flexibility index (Phi) is 5.51. The molecule has 110 valence electrons. The number of nitro groups is 1. The van der Waals surface area contributed by atoms with Crippen LogP contribution in [-0.2, 0) is 6.54 Å². The van der Waals surface area contributed by atoms with Gasteiger partial charge < -0.3 is 10.4 Å². The minimum atomic E-state index is -0.341. The Morgan fingerprint density at radius 2 is 2.05 bits per heavy atom. The maximum atomic E-state index is 11.0. The molecule has 0 atom stereocenters. The Morgan fingerprint density at radius 3 is 2.65 bits per heavy atom. The number of aliphatic hydroxyl groups excluding tert-OH is 1. The summed E-state index contributed by atoms with van der Waals surface area (Å²) in [6.45, 7) is 0.772. The van der Waals surface area contributed by atoms with Crippen LogP contribution in [0.1, 0.15) is 31.2 Å². The van der Waals surface area contributed by atoms with Gasteiger partial charge in [-0.1, -0.05) is 15.9 Å². The molecule has 0 spiro atoms. The van der Waals surface area contributed by atoms with Gasteiger partial charge in [0.15, 0.2) is 0 Å². The molecule has 1 aliphatic rings. The smallest absolute Gasteiger partial charge is 0.273 e. The second-order valence-corrected chi connectivity index (χ2v) is 6.23. The van der Waals surface area contributed by atoms with Crippen LogP contribution < -0.4 is 5.32 Å². The third-order valence-electron chi connectivity index (χ3n) is 3.92. The minimum absolute atomic E-state index is 0.157. The van der Waals surface area contributed by atoms with Crippen LogP contribution in [0.3, 0.4) is 0 Å². The molecular weight excluding hydrogens is 324 g/mol. The molecule has 0 aromatic heterocycles. The highest BCUT2D eigenvalue weighted by Gasteiger charge is 2.21. The van der Waals surface area contributed by atoms with E-state index in [2.05, 4.69) is 21.2 Å². The molecular formula is C14H19BrN2O3. The van der Waals surface area contributed by atoms with Gasteiger partial charge >= 0.3 is 0 Å². The first-order chi connectivity index (χ1) is 9.60. The summed E-state index contributed by atoms with van der Waals surface area (Å²) < 4.78 is 0.851. The summed E-state index contributed by atoms with van der Waals surface area (Å²) in [5.41, 5.74) is 0.860. The average Bonchev–Trinajstić information content (AvgIpc) is 2.45. The molecule has 0 bridgehead atoms. The summed E-state index contributed by atoms with van der Waals surface area (Å²) in [5.74, 6) is 0.424. The topological polar surface area (TPSA) is 75.4 Å². The average molecular weight is 343 g/mol. The molecule has 0 saturated heterocycles. The van der Waals surface area contributed by atoms with Gasteiger partial charge in [-0.25, -0.2) is 0 Å². The molecule has 0 aliphatic heterocycles. The molecule has 1 aromatic rings. The number of nitro benzene ring substituents is 1. The fraction of sp³-hybridized carbons (Fsp3) is 0.571. The number of benzene rings is 1. The standard InChI is InChI=1S/C14H19BrN2O3/c15-12-3-6-14(17(19)20)11(7-12)8-16-13-4-1-10(9-18)2-5-13/h3,6-7,10,13,16,18H,1-2,4-5,8-9H2. The number of nitrogens with zero attached hydrogens (tertiary/aromatic N) is 1. The molecule has 0 radical (unpaired) electrons. The summed E-state index contributed by atoms with van der Waals surface area (Å²) in [7, 11) is 0. The molecule has 2 N–H and O–H groups in total. The lowest BCUT2D eigenvalue weighted by Crippen LogP contribution is -2.33. The Morgan fingerprint density at radius 1 is 1.35 bits per heavy atom. The highest BCUT2D eigenvalue weighted by molar-refractivity contribution is 9.10. The summed E-state index contributed by atoms with van der Waals surface area (Å²) >= 11 is 3.35. The molecule has 1 saturated carbocycles. The molecule has 2 rings (SSSR count). The molecule has 20 heavy (non-hydrogen) atoms. The Balaban J connectivity index is 1.94. The van der Waals surface area contributed by atoms with E-state index in [-0.39, 0.29) is 17.2 Å². The SMILES string of the molecule is O=[N+]([O-])c1ccc(Br)cc1CNC1CCC(CO)CC1. The largest absolute Gasteiger partial charge is 0.396 e. The van der Waals surface area contributed by atoms with E-state index in [1.807, 2.05) is 0 Å². The van der Waals surface area contributed by atoms with Crippen LogP contribution in [0.5, 0.6) is 0 Å². The van der Waals surface area contributed by atoms with Crippen LogP contribution in [0.2, 0.25) is 0 Å². The van der Waals surface area contributed by atoms with Gasteiger partial charge in [0.2, 0.25) is 0 Å². The second-order valence-electron chi connectivity index (χ2n) is 5.31. The molecule has 0 heterocycles. The van der Waals surface area contributed by atoms with Gasteiger partial charge in [-0.05, 0) is 43.7 Å².